The zero-order chi connectivity index (χ0) is 16.8. The van der Waals surface area contributed by atoms with Crippen LogP contribution >= 0.6 is 7.82 Å². The Hall–Kier alpha value is -1.34. The molecule has 0 saturated heterocycles. The Morgan fingerprint density at radius 3 is 1.83 bits per heavy atom. The van der Waals surface area contributed by atoms with Gasteiger partial charge in [0.2, 0.25) is 0 Å². The molecule has 0 unspecified atom stereocenters. The Morgan fingerprint density at radius 2 is 1.52 bits per heavy atom. The summed E-state index contributed by atoms with van der Waals surface area (Å²) in [5, 5.41) is 0. The molecule has 0 aromatic heterocycles. The molecule has 0 heterocycles. The number of phosphoric acid groups is 1. The molecule has 0 fully saturated rings. The first-order valence-corrected chi connectivity index (χ1v) is 8.02. The van der Waals surface area contributed by atoms with E-state index in [1.54, 1.807) is 26.0 Å². The van der Waals surface area contributed by atoms with Gasteiger partial charge < -0.3 is 4.52 Å². The van der Waals surface area contributed by atoms with Crippen LogP contribution in [0.2, 0.25) is 0 Å². The summed E-state index contributed by atoms with van der Waals surface area (Å²) in [4.78, 5) is 28.6. The van der Waals surface area contributed by atoms with Gasteiger partial charge in [-0.25, -0.2) is 9.36 Å². The molecule has 23 heavy (non-hydrogen) atoms. The summed E-state index contributed by atoms with van der Waals surface area (Å²) in [6.07, 6.45) is 0. The van der Waals surface area contributed by atoms with E-state index < -0.39 is 13.8 Å². The minimum Gasteiger partial charge on any atom is -0.367 e. The third kappa shape index (κ3) is 8.18. The van der Waals surface area contributed by atoms with Gasteiger partial charge in [0, 0.05) is 0 Å². The molecule has 7 heteroatoms. The fourth-order valence-corrected chi connectivity index (χ4v) is 2.30. The first-order chi connectivity index (χ1) is 10.2. The predicted molar refractivity (Wildman–Crippen MR) is 83.4 cm³/mol. The molecule has 0 bridgehead atoms. The number of rotatable bonds is 2. The second kappa shape index (κ2) is 9.72. The minimum atomic E-state index is -4.79. The van der Waals surface area contributed by atoms with Crippen LogP contribution in [0.4, 0.5) is 0 Å². The average Bonchev–Trinajstić information content (AvgIpc) is 2.38. The van der Waals surface area contributed by atoms with E-state index in [-0.39, 0.29) is 24.4 Å². The summed E-state index contributed by atoms with van der Waals surface area (Å²) in [5.41, 5.74) is 2.45. The minimum absolute atomic E-state index is 0. The van der Waals surface area contributed by atoms with Gasteiger partial charge in [0.05, 0.1) is 5.56 Å². The van der Waals surface area contributed by atoms with Gasteiger partial charge in [-0.15, -0.1) is 0 Å². The average molecular weight is 328 g/mol. The molecule has 0 aliphatic carbocycles. The standard InChI is InChI=1S/C10H13O5P.C6H5.Li/c1-6-4-7(2)9(8(3)5-6)10(11)15-16(12,13)14;1-2-4-6-5-3-1;/h4-5H,1-3H3,(H2,12,13,14);1-5H;/q;-1;+1. The largest absolute Gasteiger partial charge is 1.00 e. The number of carbonyl (C=O) groups is 1. The molecule has 0 atom stereocenters. The number of benzene rings is 2. The topological polar surface area (TPSA) is 83.8 Å². The van der Waals surface area contributed by atoms with Crippen molar-refractivity contribution in [2.45, 2.75) is 20.8 Å². The van der Waals surface area contributed by atoms with Gasteiger partial charge in [0.25, 0.3) is 0 Å². The third-order valence-corrected chi connectivity index (χ3v) is 3.09. The van der Waals surface area contributed by atoms with Gasteiger partial charge in [-0.2, -0.15) is 36.4 Å². The molecule has 2 aromatic carbocycles. The van der Waals surface area contributed by atoms with Crippen LogP contribution in [0.5, 0.6) is 0 Å². The number of hydrogen-bond acceptors (Lipinski definition) is 3. The van der Waals surface area contributed by atoms with Gasteiger partial charge in [0.15, 0.2) is 0 Å². The maximum Gasteiger partial charge on any atom is 1.00 e. The fraction of sp³-hybridized carbons (Fsp3) is 0.188. The van der Waals surface area contributed by atoms with Crippen LogP contribution in [0.3, 0.4) is 0 Å². The second-order valence-electron chi connectivity index (χ2n) is 4.72. The van der Waals surface area contributed by atoms with Crippen LogP contribution in [0, 0.1) is 26.8 Å². The van der Waals surface area contributed by atoms with Crippen molar-refractivity contribution < 1.29 is 42.5 Å². The monoisotopic (exact) mass is 328 g/mol. The molecular weight excluding hydrogens is 310 g/mol. The maximum absolute atomic E-state index is 11.5. The van der Waals surface area contributed by atoms with Crippen molar-refractivity contribution in [3.63, 3.8) is 0 Å². The molecule has 0 aliphatic heterocycles. The van der Waals surface area contributed by atoms with E-state index in [1.165, 1.54) is 0 Å². The van der Waals surface area contributed by atoms with Gasteiger partial charge >= 0.3 is 32.7 Å². The van der Waals surface area contributed by atoms with Crippen molar-refractivity contribution in [3.05, 3.63) is 70.8 Å². The van der Waals surface area contributed by atoms with Crippen LogP contribution in [0.25, 0.3) is 0 Å². The molecule has 2 N–H and O–H groups in total. The summed E-state index contributed by atoms with van der Waals surface area (Å²) in [5.74, 6) is -0.997. The Labute approximate surface area is 148 Å². The fourth-order valence-electron chi connectivity index (χ4n) is 2.00. The molecule has 0 radical (unpaired) electrons. The van der Waals surface area contributed by atoms with Crippen molar-refractivity contribution in [2.24, 2.45) is 0 Å². The quantitative estimate of drug-likeness (QED) is 0.472. The van der Waals surface area contributed by atoms with Crippen LogP contribution in [-0.2, 0) is 9.09 Å². The van der Waals surface area contributed by atoms with E-state index in [1.807, 2.05) is 37.3 Å². The van der Waals surface area contributed by atoms with E-state index in [4.69, 9.17) is 9.79 Å². The van der Waals surface area contributed by atoms with Crippen molar-refractivity contribution in [1.82, 2.24) is 0 Å². The Kier molecular flexibility index (Phi) is 9.15. The van der Waals surface area contributed by atoms with E-state index in [2.05, 4.69) is 10.6 Å². The molecule has 0 saturated carbocycles. The summed E-state index contributed by atoms with van der Waals surface area (Å²) in [6, 6.07) is 16.0. The molecule has 118 valence electrons. The summed E-state index contributed by atoms with van der Waals surface area (Å²) in [7, 11) is -4.79. The summed E-state index contributed by atoms with van der Waals surface area (Å²) >= 11 is 0. The predicted octanol–water partition coefficient (Wildman–Crippen LogP) is 0.352. The zero-order valence-electron chi connectivity index (χ0n) is 13.6. The molecule has 2 aromatic rings. The van der Waals surface area contributed by atoms with Crippen LogP contribution < -0.4 is 18.9 Å². The molecular formula is C16H18LiO5P. The summed E-state index contributed by atoms with van der Waals surface area (Å²) in [6.45, 7) is 5.25. The van der Waals surface area contributed by atoms with Crippen molar-refractivity contribution in [3.8, 4) is 0 Å². The molecule has 0 amide bonds. The molecule has 5 nitrogen and oxygen atoms in total. The smallest absolute Gasteiger partial charge is 0.367 e. The van der Waals surface area contributed by atoms with Crippen molar-refractivity contribution in [1.29, 1.82) is 0 Å². The normalized spacial score (nSPS) is 9.96. The van der Waals surface area contributed by atoms with E-state index >= 15 is 0 Å². The summed E-state index contributed by atoms with van der Waals surface area (Å²) < 4.78 is 14.6. The molecule has 2 rings (SSSR count). The van der Waals surface area contributed by atoms with Gasteiger partial charge in [-0.3, -0.25) is 9.79 Å². The Balaban J connectivity index is 0.000000581. The number of hydrogen-bond donors (Lipinski definition) is 2. The first-order valence-electron chi connectivity index (χ1n) is 6.49. The Morgan fingerprint density at radius 1 is 1.04 bits per heavy atom. The number of carbonyl (C=O) groups excluding carboxylic acids is 1. The van der Waals surface area contributed by atoms with E-state index in [0.29, 0.717) is 11.1 Å². The zero-order valence-corrected chi connectivity index (χ0v) is 14.5. The first kappa shape index (κ1) is 21.7. The van der Waals surface area contributed by atoms with Crippen LogP contribution in [0.1, 0.15) is 27.0 Å². The Bertz CT molecular complexity index is 632. The number of aryl methyl sites for hydroxylation is 3. The maximum atomic E-state index is 11.5. The van der Waals surface area contributed by atoms with Crippen molar-refractivity contribution in [2.75, 3.05) is 0 Å². The van der Waals surface area contributed by atoms with Gasteiger partial charge in [0.1, 0.15) is 0 Å². The van der Waals surface area contributed by atoms with Crippen LogP contribution in [0.15, 0.2) is 42.5 Å². The SMILES string of the molecule is Cc1cc(C)c(C(=O)OP(=O)(O)O)c(C)c1.[Li+].[c-]1ccccc1. The van der Waals surface area contributed by atoms with Gasteiger partial charge in [-0.05, 0) is 31.9 Å². The van der Waals surface area contributed by atoms with E-state index in [0.717, 1.165) is 5.56 Å². The molecule has 0 aliphatic rings. The molecule has 0 spiro atoms. The van der Waals surface area contributed by atoms with Crippen molar-refractivity contribution >= 4 is 13.8 Å². The van der Waals surface area contributed by atoms with E-state index in [9.17, 15) is 9.36 Å². The number of phosphoric ester groups is 1. The second-order valence-corrected chi connectivity index (χ2v) is 5.88. The third-order valence-electron chi connectivity index (χ3n) is 2.69. The van der Waals surface area contributed by atoms with Gasteiger partial charge in [-0.1, -0.05) is 17.7 Å². The van der Waals surface area contributed by atoms with Crippen LogP contribution in [-0.4, -0.2) is 15.8 Å².